The van der Waals surface area contributed by atoms with Crippen molar-refractivity contribution in [3.8, 4) is 29.1 Å². The molecule has 2 aliphatic carbocycles. The summed E-state index contributed by atoms with van der Waals surface area (Å²) in [5.74, 6) is 3.10. The van der Waals surface area contributed by atoms with Crippen LogP contribution < -0.4 is 5.32 Å². The average molecular weight is 367 g/mol. The van der Waals surface area contributed by atoms with Crippen molar-refractivity contribution in [2.45, 2.75) is 57.1 Å². The highest BCUT2D eigenvalue weighted by Gasteiger charge is 2.39. The number of aromatic hydroxyl groups is 1. The van der Waals surface area contributed by atoms with Crippen LogP contribution in [-0.4, -0.2) is 32.1 Å². The maximum atomic E-state index is 12.2. The van der Waals surface area contributed by atoms with E-state index >= 15 is 0 Å². The standard InChI is InChI=1S/C21H22FN3O2/c1-21(27)11-14(12-21)23-20-16-5-3-2-4-15(16)19(24-25-20)17-7-6-13(8-9-22)10-18(17)26/h6-7,10,14,26-27H,2-5,11-12H2,1H3,(H,23,25). The molecule has 0 amide bonds. The lowest BCUT2D eigenvalue weighted by Gasteiger charge is -2.41. The lowest BCUT2D eigenvalue weighted by Crippen LogP contribution is -2.48. The summed E-state index contributed by atoms with van der Waals surface area (Å²) in [5.41, 5.74) is 3.32. The molecular formula is C21H22FN3O2. The minimum atomic E-state index is -0.596. The van der Waals surface area contributed by atoms with E-state index in [1.54, 1.807) is 12.1 Å². The van der Waals surface area contributed by atoms with E-state index in [2.05, 4.69) is 21.4 Å². The molecule has 1 aromatic heterocycles. The molecule has 0 aliphatic heterocycles. The number of hydrogen-bond acceptors (Lipinski definition) is 5. The van der Waals surface area contributed by atoms with Crippen LogP contribution >= 0.6 is 0 Å². The highest BCUT2D eigenvalue weighted by molar-refractivity contribution is 5.73. The summed E-state index contributed by atoms with van der Waals surface area (Å²) in [6.07, 6.45) is 6.69. The van der Waals surface area contributed by atoms with E-state index in [4.69, 9.17) is 0 Å². The number of halogens is 1. The molecule has 0 saturated heterocycles. The molecule has 1 fully saturated rings. The molecule has 140 valence electrons. The second-order valence-corrected chi connectivity index (χ2v) is 7.76. The van der Waals surface area contributed by atoms with Gasteiger partial charge in [0.25, 0.3) is 0 Å². The molecule has 2 aliphatic rings. The van der Waals surface area contributed by atoms with Gasteiger partial charge in [-0.25, -0.2) is 0 Å². The number of rotatable bonds is 3. The minimum absolute atomic E-state index is 0.0214. The minimum Gasteiger partial charge on any atom is -0.507 e. The monoisotopic (exact) mass is 367 g/mol. The van der Waals surface area contributed by atoms with Crippen LogP contribution in [0.4, 0.5) is 10.2 Å². The summed E-state index contributed by atoms with van der Waals surface area (Å²) in [6.45, 7) is 1.84. The highest BCUT2D eigenvalue weighted by atomic mass is 19.1. The lowest BCUT2D eigenvalue weighted by molar-refractivity contribution is -0.0235. The number of benzene rings is 1. The first kappa shape index (κ1) is 17.7. The van der Waals surface area contributed by atoms with Gasteiger partial charge in [0.2, 0.25) is 0 Å². The van der Waals surface area contributed by atoms with Crippen LogP contribution in [0.5, 0.6) is 5.75 Å². The second-order valence-electron chi connectivity index (χ2n) is 7.76. The Morgan fingerprint density at radius 3 is 2.59 bits per heavy atom. The molecule has 0 bridgehead atoms. The zero-order chi connectivity index (χ0) is 19.0. The predicted molar refractivity (Wildman–Crippen MR) is 101 cm³/mol. The van der Waals surface area contributed by atoms with E-state index in [1.165, 1.54) is 12.2 Å². The highest BCUT2D eigenvalue weighted by Crippen LogP contribution is 2.39. The summed E-state index contributed by atoms with van der Waals surface area (Å²) in [6, 6.07) is 5.03. The third kappa shape index (κ3) is 3.47. The molecule has 0 unspecified atom stereocenters. The van der Waals surface area contributed by atoms with Crippen LogP contribution in [0.15, 0.2) is 18.2 Å². The number of nitrogens with zero attached hydrogens (tertiary/aromatic N) is 2. The zero-order valence-corrected chi connectivity index (χ0v) is 15.2. The zero-order valence-electron chi connectivity index (χ0n) is 15.2. The van der Waals surface area contributed by atoms with Crippen LogP contribution in [0.2, 0.25) is 0 Å². The topological polar surface area (TPSA) is 78.3 Å². The van der Waals surface area contributed by atoms with Gasteiger partial charge in [-0.15, -0.1) is 14.6 Å². The molecule has 2 aromatic rings. The third-order valence-corrected chi connectivity index (χ3v) is 5.45. The molecule has 0 radical (unpaired) electrons. The van der Waals surface area contributed by atoms with Crippen molar-refractivity contribution in [3.05, 3.63) is 34.9 Å². The molecule has 0 atom stereocenters. The Kier molecular flexibility index (Phi) is 4.48. The molecule has 5 nitrogen and oxygen atoms in total. The Balaban J connectivity index is 1.69. The number of hydrogen-bond donors (Lipinski definition) is 3. The number of anilines is 1. The first-order chi connectivity index (χ1) is 13.0. The first-order valence-electron chi connectivity index (χ1n) is 9.29. The summed E-state index contributed by atoms with van der Waals surface area (Å²) in [7, 11) is 0. The molecular weight excluding hydrogens is 345 g/mol. The first-order valence-corrected chi connectivity index (χ1v) is 9.29. The van der Waals surface area contributed by atoms with Crippen molar-refractivity contribution in [2.24, 2.45) is 0 Å². The maximum Gasteiger partial charge on any atom is 0.152 e. The Morgan fingerprint density at radius 1 is 1.19 bits per heavy atom. The van der Waals surface area contributed by atoms with Gasteiger partial charge in [0.1, 0.15) is 17.6 Å². The van der Waals surface area contributed by atoms with Gasteiger partial charge in [0.15, 0.2) is 5.82 Å². The molecule has 4 rings (SSSR count). The lowest BCUT2D eigenvalue weighted by atomic mass is 9.77. The Hall–Kier alpha value is -2.65. The smallest absolute Gasteiger partial charge is 0.152 e. The van der Waals surface area contributed by atoms with E-state index in [9.17, 15) is 14.6 Å². The molecule has 1 aromatic carbocycles. The van der Waals surface area contributed by atoms with Gasteiger partial charge in [-0.1, -0.05) is 0 Å². The summed E-state index contributed by atoms with van der Waals surface area (Å²) in [4.78, 5) is 0. The Labute approximate surface area is 157 Å². The number of aliphatic hydroxyl groups is 1. The second kappa shape index (κ2) is 6.82. The SMILES string of the molecule is CC1(O)CC(Nc2nnc(-c3ccc(C#CF)cc3O)c3c2CCCC3)C1. The van der Waals surface area contributed by atoms with Gasteiger partial charge in [-0.05, 0) is 75.1 Å². The van der Waals surface area contributed by atoms with Crippen LogP contribution in [0.25, 0.3) is 11.3 Å². The fourth-order valence-corrected chi connectivity index (χ4v) is 4.14. The fourth-order valence-electron chi connectivity index (χ4n) is 4.14. The van der Waals surface area contributed by atoms with E-state index in [0.29, 0.717) is 29.7 Å². The number of aromatic nitrogens is 2. The van der Waals surface area contributed by atoms with Gasteiger partial charge in [0.05, 0.1) is 5.60 Å². The van der Waals surface area contributed by atoms with Crippen molar-refractivity contribution in [2.75, 3.05) is 5.32 Å². The summed E-state index contributed by atoms with van der Waals surface area (Å²) < 4.78 is 12.2. The van der Waals surface area contributed by atoms with Gasteiger partial charge < -0.3 is 15.5 Å². The van der Waals surface area contributed by atoms with Crippen molar-refractivity contribution in [1.29, 1.82) is 0 Å². The van der Waals surface area contributed by atoms with Gasteiger partial charge in [-0.3, -0.25) is 0 Å². The number of fused-ring (bicyclic) bond motifs is 1. The molecule has 0 spiro atoms. The van der Waals surface area contributed by atoms with Crippen LogP contribution in [-0.2, 0) is 12.8 Å². The molecule has 1 saturated carbocycles. The molecule has 6 heteroatoms. The van der Waals surface area contributed by atoms with Crippen LogP contribution in [0.3, 0.4) is 0 Å². The van der Waals surface area contributed by atoms with E-state index in [1.807, 2.05) is 6.92 Å². The van der Waals surface area contributed by atoms with E-state index in [-0.39, 0.29) is 11.8 Å². The van der Waals surface area contributed by atoms with E-state index in [0.717, 1.165) is 42.6 Å². The number of phenolic OH excluding ortho intramolecular Hbond substituents is 1. The maximum absolute atomic E-state index is 12.2. The molecule has 27 heavy (non-hydrogen) atoms. The van der Waals surface area contributed by atoms with Crippen molar-refractivity contribution in [1.82, 2.24) is 10.2 Å². The number of phenols is 1. The van der Waals surface area contributed by atoms with Crippen molar-refractivity contribution < 1.29 is 14.6 Å². The molecule has 3 N–H and O–H groups in total. The van der Waals surface area contributed by atoms with E-state index < -0.39 is 5.60 Å². The quantitative estimate of drug-likeness (QED) is 0.726. The Morgan fingerprint density at radius 2 is 1.93 bits per heavy atom. The summed E-state index contributed by atoms with van der Waals surface area (Å²) >= 11 is 0. The van der Waals surface area contributed by atoms with Gasteiger partial charge in [0, 0.05) is 22.7 Å². The fraction of sp³-hybridized carbons (Fsp3) is 0.429. The van der Waals surface area contributed by atoms with Crippen molar-refractivity contribution in [3.63, 3.8) is 0 Å². The van der Waals surface area contributed by atoms with Crippen molar-refractivity contribution >= 4 is 5.82 Å². The number of nitrogens with one attached hydrogen (secondary N) is 1. The summed E-state index contributed by atoms with van der Waals surface area (Å²) in [5, 5.41) is 32.6. The van der Waals surface area contributed by atoms with Crippen LogP contribution in [0, 0.1) is 12.1 Å². The van der Waals surface area contributed by atoms with Gasteiger partial charge in [-0.2, -0.15) is 0 Å². The normalized spacial score (nSPS) is 23.6. The largest absolute Gasteiger partial charge is 0.507 e. The van der Waals surface area contributed by atoms with Crippen LogP contribution in [0.1, 0.15) is 49.3 Å². The van der Waals surface area contributed by atoms with Gasteiger partial charge >= 0.3 is 0 Å². The predicted octanol–water partition coefficient (Wildman–Crippen LogP) is 3.33. The Bertz CT molecular complexity index is 938. The molecule has 1 heterocycles. The average Bonchev–Trinajstić information content (AvgIpc) is 2.61. The third-order valence-electron chi connectivity index (χ3n) is 5.45.